The second-order valence-corrected chi connectivity index (χ2v) is 13.5. The van der Waals surface area contributed by atoms with Crippen LogP contribution in [0.2, 0.25) is 0 Å². The van der Waals surface area contributed by atoms with E-state index in [1.807, 2.05) is 38.4 Å². The Morgan fingerprint density at radius 2 is 1.92 bits per heavy atom. The Morgan fingerprint density at radius 1 is 1.16 bits per heavy atom. The van der Waals surface area contributed by atoms with E-state index in [2.05, 4.69) is 22.1 Å². The van der Waals surface area contributed by atoms with Crippen LogP contribution in [-0.4, -0.2) is 63.4 Å². The summed E-state index contributed by atoms with van der Waals surface area (Å²) in [5, 5.41) is 13.0. The number of amides is 1. The number of benzene rings is 1. The highest BCUT2D eigenvalue weighted by molar-refractivity contribution is 6.11. The Bertz CT molecular complexity index is 1990. The number of rotatable bonds is 13. The lowest BCUT2D eigenvalue weighted by atomic mass is 9.85. The van der Waals surface area contributed by atoms with Gasteiger partial charge in [-0.1, -0.05) is 46.6 Å². The van der Waals surface area contributed by atoms with Crippen molar-refractivity contribution in [3.8, 4) is 11.4 Å². The van der Waals surface area contributed by atoms with Crippen LogP contribution >= 0.6 is 12.4 Å². The summed E-state index contributed by atoms with van der Waals surface area (Å²) in [4.78, 5) is 77.6. The van der Waals surface area contributed by atoms with Gasteiger partial charge in [-0.3, -0.25) is 14.4 Å². The largest absolute Gasteiger partial charge is 0.480 e. The second kappa shape index (κ2) is 14.8. The van der Waals surface area contributed by atoms with Crippen molar-refractivity contribution in [2.45, 2.75) is 97.1 Å². The molecule has 14 nitrogen and oxygen atoms in total. The Labute approximate surface area is 300 Å². The lowest BCUT2D eigenvalue weighted by molar-refractivity contribution is -0.190. The number of aliphatic carboxylic acids is 1. The van der Waals surface area contributed by atoms with Crippen LogP contribution in [0.3, 0.4) is 0 Å². The number of nitrogens with one attached hydrogen (secondary N) is 1. The van der Waals surface area contributed by atoms with E-state index in [0.29, 0.717) is 23.3 Å². The average Bonchev–Trinajstić information content (AvgIpc) is 3.45. The molecule has 51 heavy (non-hydrogen) atoms. The van der Waals surface area contributed by atoms with Crippen molar-refractivity contribution in [3.05, 3.63) is 51.3 Å². The van der Waals surface area contributed by atoms with Crippen LogP contribution in [0.5, 0.6) is 0 Å². The highest BCUT2D eigenvalue weighted by Crippen LogP contribution is 2.47. The van der Waals surface area contributed by atoms with Gasteiger partial charge in [0.25, 0.3) is 5.56 Å². The molecule has 3 atom stereocenters. The molecule has 0 saturated heterocycles. The van der Waals surface area contributed by atoms with E-state index in [1.165, 1.54) is 0 Å². The van der Waals surface area contributed by atoms with E-state index in [-0.39, 0.29) is 49.0 Å². The van der Waals surface area contributed by atoms with Crippen LogP contribution in [0.4, 0.5) is 11.4 Å². The number of aromatic nitrogens is 2. The zero-order valence-electron chi connectivity index (χ0n) is 29.1. The van der Waals surface area contributed by atoms with Gasteiger partial charge in [-0.15, -0.1) is 12.4 Å². The van der Waals surface area contributed by atoms with Crippen LogP contribution < -0.4 is 21.5 Å². The molecule has 4 N–H and O–H groups in total. The van der Waals surface area contributed by atoms with Gasteiger partial charge in [-0.2, -0.15) is 0 Å². The number of fused-ring (bicyclic) bond motifs is 5. The lowest BCUT2D eigenvalue weighted by Gasteiger charge is -2.36. The van der Waals surface area contributed by atoms with E-state index in [0.717, 1.165) is 48.1 Å². The minimum atomic E-state index is -2.04. The summed E-state index contributed by atoms with van der Waals surface area (Å²) < 4.78 is 12.9. The quantitative estimate of drug-likeness (QED) is 0.133. The van der Waals surface area contributed by atoms with Gasteiger partial charge in [0.05, 0.1) is 64.6 Å². The molecule has 2 aromatic heterocycles. The van der Waals surface area contributed by atoms with Gasteiger partial charge in [0.1, 0.15) is 12.6 Å². The van der Waals surface area contributed by atoms with Gasteiger partial charge in [-0.25, -0.2) is 19.6 Å². The fourth-order valence-electron chi connectivity index (χ4n) is 7.06. The number of hydrogen-bond acceptors (Lipinski definition) is 11. The van der Waals surface area contributed by atoms with Crippen molar-refractivity contribution < 1.29 is 33.8 Å². The van der Waals surface area contributed by atoms with Crippen LogP contribution in [-0.2, 0) is 47.4 Å². The number of anilines is 1. The number of esters is 2. The van der Waals surface area contributed by atoms with Crippen molar-refractivity contribution in [2.75, 3.05) is 11.4 Å². The van der Waals surface area contributed by atoms with Crippen molar-refractivity contribution in [1.29, 1.82) is 0 Å². The number of aliphatic imine (C=N–C) groups is 1. The van der Waals surface area contributed by atoms with E-state index < -0.39 is 53.5 Å². The second-order valence-electron chi connectivity index (χ2n) is 13.5. The Hall–Kier alpha value is -4.82. The third-order valence-electron chi connectivity index (χ3n) is 9.59. The first-order valence-electron chi connectivity index (χ1n) is 17.1. The van der Waals surface area contributed by atoms with Crippen molar-refractivity contribution >= 4 is 64.8 Å². The highest BCUT2D eigenvalue weighted by atomic mass is 35.5. The Morgan fingerprint density at radius 3 is 2.61 bits per heavy atom. The number of pyridine rings is 2. The predicted octanol–water partition coefficient (Wildman–Crippen LogP) is 4.06. The molecule has 3 aliphatic rings. The third kappa shape index (κ3) is 6.69. The van der Waals surface area contributed by atoms with Crippen LogP contribution in [0.1, 0.15) is 82.9 Å². The average molecular weight is 723 g/mol. The number of hydrogen-bond donors (Lipinski definition) is 3. The maximum atomic E-state index is 14.2. The summed E-state index contributed by atoms with van der Waals surface area (Å²) in [6.45, 7) is 8.12. The molecule has 0 unspecified atom stereocenters. The van der Waals surface area contributed by atoms with E-state index in [4.69, 9.17) is 20.2 Å². The first kappa shape index (κ1) is 37.4. The molecular weight excluding hydrogens is 680 g/mol. The minimum absolute atomic E-state index is 0. The van der Waals surface area contributed by atoms with Gasteiger partial charge in [0, 0.05) is 17.7 Å². The molecule has 5 heterocycles. The fourth-order valence-corrected chi connectivity index (χ4v) is 7.06. The number of nitrogens with two attached hydrogens (primary N) is 1. The normalized spacial score (nSPS) is 17.9. The van der Waals surface area contributed by atoms with E-state index in [9.17, 15) is 29.1 Å². The number of unbranched alkanes of at least 4 members (excludes halogenated alkanes) is 2. The topological polar surface area (TPSA) is 196 Å². The molecule has 0 radical (unpaired) electrons. The molecule has 0 bridgehead atoms. The number of carbonyl (C=O) groups excluding carboxylic acids is 3. The molecule has 1 aromatic carbocycles. The molecule has 6 rings (SSSR count). The number of ether oxygens (including phenoxy) is 2. The molecule has 0 spiro atoms. The number of carboxylic acid groups (broad SMARTS) is 1. The molecule has 3 aliphatic heterocycles. The van der Waals surface area contributed by atoms with E-state index >= 15 is 0 Å². The maximum absolute atomic E-state index is 14.2. The minimum Gasteiger partial charge on any atom is -0.480 e. The summed E-state index contributed by atoms with van der Waals surface area (Å²) >= 11 is 0. The van der Waals surface area contributed by atoms with Gasteiger partial charge in [-0.05, 0) is 43.4 Å². The van der Waals surface area contributed by atoms with Gasteiger partial charge in [0.2, 0.25) is 11.5 Å². The van der Waals surface area contributed by atoms with Crippen LogP contribution in [0, 0.1) is 5.92 Å². The Balaban J connectivity index is 0.00000504. The van der Waals surface area contributed by atoms with Crippen molar-refractivity contribution in [3.63, 3.8) is 0 Å². The predicted molar refractivity (Wildman–Crippen MR) is 192 cm³/mol. The van der Waals surface area contributed by atoms with Crippen LogP contribution in [0.25, 0.3) is 22.3 Å². The Kier molecular flexibility index (Phi) is 10.9. The summed E-state index contributed by atoms with van der Waals surface area (Å²) in [6, 6.07) is 4.73. The summed E-state index contributed by atoms with van der Waals surface area (Å²) in [7, 11) is 0. The summed E-state index contributed by atoms with van der Waals surface area (Å²) in [5.41, 5.74) is 8.08. The molecule has 15 heteroatoms. The summed E-state index contributed by atoms with van der Waals surface area (Å²) in [5.74, 6) is -4.09. The lowest BCUT2D eigenvalue weighted by Crippen LogP contribution is -2.51. The number of halogens is 1. The smallest absolute Gasteiger partial charge is 0.355 e. The number of carboxylic acids is 1. The molecule has 3 aromatic rings. The number of cyclic esters (lactones) is 1. The standard InChI is InChI=1S/C36H42N6O8.ClH/c1-5-7-8-12-41-18-38-24-10-9-11-25-29(24)31(41)20-16-42-27(30(20)39-25)14-22-21(33(42)45)17-49-35(48)36(22,6-2)50-28(43)15-26(34(46)47)40-32(44)23(37)13-19(3)4;/h9-11,14,18-19,23,26H,5-8,12-13,15-17,37H2,1-4H3,(H,40,44)(H,46,47);1H/t23-,26-,36-;/m0./s1. The molecule has 0 aliphatic carbocycles. The monoisotopic (exact) mass is 722 g/mol. The van der Waals surface area contributed by atoms with Gasteiger partial charge in [0.15, 0.2) is 0 Å². The van der Waals surface area contributed by atoms with Crippen molar-refractivity contribution in [1.82, 2.24) is 14.9 Å². The SMILES string of the molecule is CCCCCN1C=Nc2cccc3nc4c(c1c23)Cn1c-4cc2c(c1=O)COC(=O)[C@@]2(CC)OC(=O)C[C@H](NC(=O)[C@@H](N)CC(C)C)C(=O)O.Cl. The fraction of sp³-hybridized carbons (Fsp3) is 0.472. The van der Waals surface area contributed by atoms with Crippen molar-refractivity contribution in [2.24, 2.45) is 16.6 Å². The number of nitrogens with zero attached hydrogens (tertiary/aromatic N) is 4. The summed E-state index contributed by atoms with van der Waals surface area (Å²) in [6.07, 6.45) is 4.29. The third-order valence-corrected chi connectivity index (χ3v) is 9.59. The molecule has 272 valence electrons. The van der Waals surface area contributed by atoms with Crippen LogP contribution in [0.15, 0.2) is 34.1 Å². The number of carbonyl (C=O) groups is 4. The molecule has 0 saturated carbocycles. The zero-order chi connectivity index (χ0) is 35.9. The van der Waals surface area contributed by atoms with E-state index in [1.54, 1.807) is 17.6 Å². The molecule has 0 fully saturated rings. The van der Waals surface area contributed by atoms with Gasteiger partial charge < -0.3 is 35.1 Å². The first-order chi connectivity index (χ1) is 23.9. The highest BCUT2D eigenvalue weighted by Gasteiger charge is 2.51. The maximum Gasteiger partial charge on any atom is 0.355 e. The zero-order valence-corrected chi connectivity index (χ0v) is 29.9. The van der Waals surface area contributed by atoms with Gasteiger partial charge >= 0.3 is 17.9 Å². The first-order valence-corrected chi connectivity index (χ1v) is 17.1. The molecule has 1 amide bonds. The molecular formula is C36H43ClN6O8.